The maximum Gasteiger partial charge on any atom is 0.272 e. The summed E-state index contributed by atoms with van der Waals surface area (Å²) in [6.45, 7) is 2.04. The molecule has 1 saturated carbocycles. The lowest BCUT2D eigenvalue weighted by Crippen LogP contribution is -2.47. The Labute approximate surface area is 199 Å². The Morgan fingerprint density at radius 1 is 1.11 bits per heavy atom. The van der Waals surface area contributed by atoms with Gasteiger partial charge in [-0.05, 0) is 49.1 Å². The van der Waals surface area contributed by atoms with Gasteiger partial charge in [-0.2, -0.15) is 0 Å². The molecule has 3 aromatic rings. The first kappa shape index (κ1) is 23.4. The molecule has 35 heavy (non-hydrogen) atoms. The normalized spacial score (nSPS) is 20.3. The number of morpholine rings is 1. The highest BCUT2D eigenvalue weighted by atomic mass is 19.1. The van der Waals surface area contributed by atoms with E-state index in [1.807, 2.05) is 0 Å². The zero-order valence-corrected chi connectivity index (χ0v) is 19.1. The van der Waals surface area contributed by atoms with Crippen LogP contribution in [0.4, 0.5) is 8.78 Å². The van der Waals surface area contributed by atoms with E-state index >= 15 is 0 Å². The van der Waals surface area contributed by atoms with Crippen LogP contribution in [0.2, 0.25) is 0 Å². The van der Waals surface area contributed by atoms with Crippen LogP contribution in [0.1, 0.15) is 48.6 Å². The number of aromatic amines is 3. The van der Waals surface area contributed by atoms with Crippen molar-refractivity contribution in [2.75, 3.05) is 19.8 Å². The Balaban J connectivity index is 1.50. The van der Waals surface area contributed by atoms with E-state index < -0.39 is 22.8 Å². The Morgan fingerprint density at radius 3 is 2.60 bits per heavy atom. The minimum Gasteiger partial charge on any atom is -0.378 e. The molecular formula is C25H27F2N5O3. The van der Waals surface area contributed by atoms with Crippen LogP contribution in [-0.2, 0) is 4.74 Å². The van der Waals surface area contributed by atoms with Crippen molar-refractivity contribution in [2.45, 2.75) is 37.6 Å². The molecule has 2 fully saturated rings. The third-order valence-corrected chi connectivity index (χ3v) is 6.61. The van der Waals surface area contributed by atoms with Crippen LogP contribution >= 0.6 is 0 Å². The van der Waals surface area contributed by atoms with Gasteiger partial charge in [0.25, 0.3) is 11.1 Å². The van der Waals surface area contributed by atoms with Gasteiger partial charge >= 0.3 is 0 Å². The minimum absolute atomic E-state index is 0.0222. The van der Waals surface area contributed by atoms with Crippen molar-refractivity contribution < 1.29 is 13.5 Å². The Hall–Kier alpha value is -3.37. The van der Waals surface area contributed by atoms with Crippen molar-refractivity contribution >= 4 is 12.2 Å². The largest absolute Gasteiger partial charge is 0.378 e. The highest BCUT2D eigenvalue weighted by Crippen LogP contribution is 2.38. The number of halogens is 2. The number of rotatable bonds is 7. The van der Waals surface area contributed by atoms with Crippen LogP contribution in [0.15, 0.2) is 34.1 Å². The number of imidazole rings is 1. The molecule has 1 saturated heterocycles. The molecule has 2 unspecified atom stereocenters. The van der Waals surface area contributed by atoms with Gasteiger partial charge in [0.05, 0.1) is 25.2 Å². The van der Waals surface area contributed by atoms with E-state index in [1.54, 1.807) is 6.33 Å². The molecule has 0 spiro atoms. The summed E-state index contributed by atoms with van der Waals surface area (Å²) in [5.41, 5.74) is 0.0938. The number of hydrogen-bond donors (Lipinski definition) is 4. The summed E-state index contributed by atoms with van der Waals surface area (Å²) in [4.78, 5) is 38.0. The number of hydrogen-bond acceptors (Lipinski definition) is 5. The van der Waals surface area contributed by atoms with E-state index in [0.29, 0.717) is 18.9 Å². The van der Waals surface area contributed by atoms with Gasteiger partial charge in [0.2, 0.25) is 0 Å². The molecule has 0 radical (unpaired) electrons. The first-order valence-electron chi connectivity index (χ1n) is 11.8. The van der Waals surface area contributed by atoms with Crippen molar-refractivity contribution in [1.82, 2.24) is 25.3 Å². The first-order valence-corrected chi connectivity index (χ1v) is 11.8. The molecule has 1 aromatic carbocycles. The summed E-state index contributed by atoms with van der Waals surface area (Å²) in [6.07, 6.45) is 8.81. The van der Waals surface area contributed by atoms with Gasteiger partial charge in [0.15, 0.2) is 0 Å². The molecule has 0 bridgehead atoms. The average Bonchev–Trinajstić information content (AvgIpc) is 3.57. The monoisotopic (exact) mass is 483 g/mol. The highest BCUT2D eigenvalue weighted by Gasteiger charge is 2.31. The van der Waals surface area contributed by atoms with Crippen LogP contribution in [0.3, 0.4) is 0 Å². The smallest absolute Gasteiger partial charge is 0.272 e. The topological polar surface area (TPSA) is 116 Å². The van der Waals surface area contributed by atoms with Gasteiger partial charge in [-0.25, -0.2) is 13.8 Å². The summed E-state index contributed by atoms with van der Waals surface area (Å²) >= 11 is 0. The van der Waals surface area contributed by atoms with E-state index in [9.17, 15) is 18.4 Å². The van der Waals surface area contributed by atoms with Crippen molar-refractivity contribution in [3.8, 4) is 0 Å². The van der Waals surface area contributed by atoms with Crippen molar-refractivity contribution in [1.29, 1.82) is 0 Å². The lowest BCUT2D eigenvalue weighted by Gasteiger charge is -2.31. The number of nitrogens with one attached hydrogen (secondary N) is 4. The number of nitrogens with zero attached hydrogens (tertiary/aromatic N) is 1. The molecule has 2 aromatic heterocycles. The van der Waals surface area contributed by atoms with Gasteiger partial charge in [-0.15, -0.1) is 0 Å². The summed E-state index contributed by atoms with van der Waals surface area (Å²) < 4.78 is 33.1. The third kappa shape index (κ3) is 5.49. The summed E-state index contributed by atoms with van der Waals surface area (Å²) in [7, 11) is 0. The quantitative estimate of drug-likeness (QED) is 0.400. The lowest BCUT2D eigenvalue weighted by atomic mass is 9.89. The average molecular weight is 484 g/mol. The maximum atomic E-state index is 14.0. The molecule has 2 aliphatic rings. The maximum absolute atomic E-state index is 14.0. The summed E-state index contributed by atoms with van der Waals surface area (Å²) in [6, 6.07) is 3.01. The van der Waals surface area contributed by atoms with Crippen molar-refractivity contribution in [3.63, 3.8) is 0 Å². The second-order valence-corrected chi connectivity index (χ2v) is 9.15. The SMILES string of the molecule is O=c1[nH]/c(=C\c2nc[nH]c2C(CCC2CC2)C2COCCN2)c(=O)[nH]/c1=C\c1cc(F)ccc1F. The zero-order chi connectivity index (χ0) is 24.4. The molecule has 8 nitrogen and oxygen atoms in total. The van der Waals surface area contributed by atoms with Gasteiger partial charge in [-0.3, -0.25) is 9.59 Å². The third-order valence-electron chi connectivity index (χ3n) is 6.61. The fourth-order valence-electron chi connectivity index (χ4n) is 4.55. The van der Waals surface area contributed by atoms with E-state index in [2.05, 4.69) is 25.3 Å². The highest BCUT2D eigenvalue weighted by molar-refractivity contribution is 5.50. The second-order valence-electron chi connectivity index (χ2n) is 9.15. The van der Waals surface area contributed by atoms with Crippen LogP contribution in [-0.4, -0.2) is 45.7 Å². The summed E-state index contributed by atoms with van der Waals surface area (Å²) in [5.74, 6) is -0.482. The van der Waals surface area contributed by atoms with Crippen LogP contribution in [0.25, 0.3) is 12.2 Å². The molecule has 5 rings (SSSR count). The van der Waals surface area contributed by atoms with Gasteiger partial charge < -0.3 is 25.0 Å². The fraction of sp³-hybridized carbons (Fsp3) is 0.400. The molecule has 10 heteroatoms. The molecule has 1 aliphatic heterocycles. The zero-order valence-electron chi connectivity index (χ0n) is 19.1. The van der Waals surface area contributed by atoms with Gasteiger partial charge in [0.1, 0.15) is 22.3 Å². The standard InChI is InChI=1S/C25H27F2N5O3/c26-16-4-6-18(27)15(9-16)10-20-24(33)32-21(25(34)31-20)11-19-23(30-13-29-19)17(5-3-14-1-2-14)22-12-35-8-7-28-22/h4,6,9-11,13-14,17,22,28H,1-3,5,7-8,12H2,(H,29,30)(H,31,34)(H,32,33)/b20-10-,21-11-. The van der Waals surface area contributed by atoms with E-state index in [0.717, 1.165) is 55.3 Å². The molecule has 1 aliphatic carbocycles. The summed E-state index contributed by atoms with van der Waals surface area (Å²) in [5, 5.41) is 3.37. The number of H-pyrrole nitrogens is 3. The molecule has 184 valence electrons. The molecule has 4 N–H and O–H groups in total. The second kappa shape index (κ2) is 10.1. The van der Waals surface area contributed by atoms with Crippen molar-refractivity contribution in [3.05, 3.63) is 84.5 Å². The number of aromatic nitrogens is 4. The molecular weight excluding hydrogens is 456 g/mol. The van der Waals surface area contributed by atoms with Gasteiger partial charge in [0, 0.05) is 29.8 Å². The Bertz CT molecular complexity index is 1430. The predicted molar refractivity (Wildman–Crippen MR) is 126 cm³/mol. The first-order chi connectivity index (χ1) is 17.0. The van der Waals surface area contributed by atoms with E-state index in [-0.39, 0.29) is 28.2 Å². The number of benzene rings is 1. The predicted octanol–water partition coefficient (Wildman–Crippen LogP) is 0.984. The minimum atomic E-state index is -0.707. The fourth-order valence-corrected chi connectivity index (χ4v) is 4.55. The Kier molecular flexibility index (Phi) is 6.74. The van der Waals surface area contributed by atoms with Crippen LogP contribution in [0.5, 0.6) is 0 Å². The van der Waals surface area contributed by atoms with Gasteiger partial charge in [-0.1, -0.05) is 12.8 Å². The van der Waals surface area contributed by atoms with E-state index in [1.165, 1.54) is 18.9 Å². The molecule has 2 atom stereocenters. The Morgan fingerprint density at radius 2 is 1.89 bits per heavy atom. The lowest BCUT2D eigenvalue weighted by molar-refractivity contribution is 0.0658. The van der Waals surface area contributed by atoms with Crippen LogP contribution < -0.4 is 27.1 Å². The number of ether oxygens (including phenoxy) is 1. The van der Waals surface area contributed by atoms with Crippen LogP contribution in [0, 0.1) is 17.6 Å². The van der Waals surface area contributed by atoms with Crippen molar-refractivity contribution in [2.24, 2.45) is 5.92 Å². The molecule has 3 heterocycles. The van der Waals surface area contributed by atoms with E-state index in [4.69, 9.17) is 4.74 Å². The molecule has 0 amide bonds.